The maximum Gasteiger partial charge on any atom is 0.213 e. The summed E-state index contributed by atoms with van der Waals surface area (Å²) < 4.78 is 25.0. The second-order valence-electron chi connectivity index (χ2n) is 4.25. The minimum atomic E-state index is -3.06. The number of nitrogens with zero attached hydrogens (tertiary/aromatic N) is 2. The molecule has 0 spiro atoms. The van der Waals surface area contributed by atoms with Crippen LogP contribution in [0.25, 0.3) is 0 Å². The van der Waals surface area contributed by atoms with Crippen LogP contribution in [0, 0.1) is 0 Å². The van der Waals surface area contributed by atoms with Gasteiger partial charge in [0.05, 0.1) is 5.75 Å². The Morgan fingerprint density at radius 1 is 1.06 bits per heavy atom. The molecule has 0 aliphatic heterocycles. The first kappa shape index (κ1) is 15.8. The molecule has 16 heavy (non-hydrogen) atoms. The van der Waals surface area contributed by atoms with Crippen molar-refractivity contribution in [3.8, 4) is 0 Å². The average molecular weight is 251 g/mol. The van der Waals surface area contributed by atoms with Crippen LogP contribution in [0.15, 0.2) is 0 Å². The second kappa shape index (κ2) is 8.00. The lowest BCUT2D eigenvalue weighted by molar-refractivity contribution is 0.358. The van der Waals surface area contributed by atoms with E-state index in [4.69, 9.17) is 0 Å². The van der Waals surface area contributed by atoms with Gasteiger partial charge in [0.2, 0.25) is 10.0 Å². The molecule has 0 radical (unpaired) electrons. The van der Waals surface area contributed by atoms with E-state index in [1.807, 2.05) is 26.0 Å². The standard InChI is InChI=1S/C10H25N3O2S/c1-11-7-5-6-10-16(14,15)13(4)9-8-12(2)3/h11H,5-10H2,1-4H3. The third-order valence-corrected chi connectivity index (χ3v) is 4.35. The third kappa shape index (κ3) is 7.16. The number of hydrogen-bond acceptors (Lipinski definition) is 4. The van der Waals surface area contributed by atoms with E-state index < -0.39 is 10.0 Å². The van der Waals surface area contributed by atoms with Gasteiger partial charge in [-0.25, -0.2) is 12.7 Å². The molecule has 6 heteroatoms. The van der Waals surface area contributed by atoms with Crippen LogP contribution in [0.1, 0.15) is 12.8 Å². The van der Waals surface area contributed by atoms with Crippen LogP contribution < -0.4 is 5.32 Å². The smallest absolute Gasteiger partial charge is 0.213 e. The van der Waals surface area contributed by atoms with E-state index in [0.29, 0.717) is 6.54 Å². The molecule has 0 bridgehead atoms. The topological polar surface area (TPSA) is 52.7 Å². The molecule has 0 atom stereocenters. The molecule has 0 amide bonds. The fourth-order valence-electron chi connectivity index (χ4n) is 1.22. The molecule has 5 nitrogen and oxygen atoms in total. The van der Waals surface area contributed by atoms with Crippen LogP contribution in [-0.4, -0.2) is 71.2 Å². The number of sulfonamides is 1. The molecule has 0 saturated carbocycles. The van der Waals surface area contributed by atoms with Gasteiger partial charge < -0.3 is 10.2 Å². The summed E-state index contributed by atoms with van der Waals surface area (Å²) in [6.07, 6.45) is 1.62. The summed E-state index contributed by atoms with van der Waals surface area (Å²) in [5.74, 6) is 0.249. The average Bonchev–Trinajstić information content (AvgIpc) is 2.20. The fourth-order valence-corrected chi connectivity index (χ4v) is 2.46. The van der Waals surface area contributed by atoms with Gasteiger partial charge in [0.1, 0.15) is 0 Å². The first-order valence-electron chi connectivity index (χ1n) is 5.63. The zero-order chi connectivity index (χ0) is 12.6. The van der Waals surface area contributed by atoms with Crippen molar-refractivity contribution in [2.75, 3.05) is 53.6 Å². The predicted octanol–water partition coefficient (Wildman–Crippen LogP) is -0.191. The molecular weight excluding hydrogens is 226 g/mol. The molecule has 0 aromatic heterocycles. The molecule has 0 aromatic rings. The minimum Gasteiger partial charge on any atom is -0.320 e. The normalized spacial score (nSPS) is 12.6. The summed E-state index contributed by atoms with van der Waals surface area (Å²) in [6.45, 7) is 2.19. The Bertz CT molecular complexity index is 265. The van der Waals surface area contributed by atoms with Gasteiger partial charge in [0, 0.05) is 20.1 Å². The van der Waals surface area contributed by atoms with Gasteiger partial charge in [0.15, 0.2) is 0 Å². The first-order valence-corrected chi connectivity index (χ1v) is 7.24. The Labute approximate surface area is 99.9 Å². The molecule has 0 aliphatic rings. The van der Waals surface area contributed by atoms with Gasteiger partial charge >= 0.3 is 0 Å². The summed E-state index contributed by atoms with van der Waals surface area (Å²) in [6, 6.07) is 0. The minimum absolute atomic E-state index is 0.249. The maximum atomic E-state index is 11.8. The SMILES string of the molecule is CNCCCCS(=O)(=O)N(C)CCN(C)C. The van der Waals surface area contributed by atoms with Crippen molar-refractivity contribution in [2.45, 2.75) is 12.8 Å². The van der Waals surface area contributed by atoms with E-state index in [0.717, 1.165) is 25.9 Å². The van der Waals surface area contributed by atoms with Crippen LogP contribution in [0.2, 0.25) is 0 Å². The lowest BCUT2D eigenvalue weighted by Gasteiger charge is -2.19. The van der Waals surface area contributed by atoms with Gasteiger partial charge in [-0.15, -0.1) is 0 Å². The van der Waals surface area contributed by atoms with E-state index in [-0.39, 0.29) is 5.75 Å². The van der Waals surface area contributed by atoms with E-state index in [1.54, 1.807) is 7.05 Å². The number of likely N-dealkylation sites (N-methyl/N-ethyl adjacent to an activating group) is 2. The highest BCUT2D eigenvalue weighted by molar-refractivity contribution is 7.89. The lowest BCUT2D eigenvalue weighted by Crippen LogP contribution is -2.35. The van der Waals surface area contributed by atoms with Crippen LogP contribution in [0.5, 0.6) is 0 Å². The van der Waals surface area contributed by atoms with E-state index in [2.05, 4.69) is 5.32 Å². The van der Waals surface area contributed by atoms with E-state index in [1.165, 1.54) is 4.31 Å². The van der Waals surface area contributed by atoms with Crippen molar-refractivity contribution in [1.29, 1.82) is 0 Å². The van der Waals surface area contributed by atoms with Crippen molar-refractivity contribution < 1.29 is 8.42 Å². The largest absolute Gasteiger partial charge is 0.320 e. The summed E-state index contributed by atoms with van der Waals surface area (Å²) >= 11 is 0. The summed E-state index contributed by atoms with van der Waals surface area (Å²) in [4.78, 5) is 1.98. The molecule has 0 fully saturated rings. The zero-order valence-electron chi connectivity index (χ0n) is 10.9. The van der Waals surface area contributed by atoms with Gasteiger partial charge in [0.25, 0.3) is 0 Å². The number of rotatable bonds is 9. The highest BCUT2D eigenvalue weighted by Crippen LogP contribution is 2.02. The van der Waals surface area contributed by atoms with Crippen LogP contribution in [0.3, 0.4) is 0 Å². The van der Waals surface area contributed by atoms with E-state index >= 15 is 0 Å². The molecular formula is C10H25N3O2S. The predicted molar refractivity (Wildman–Crippen MR) is 68.1 cm³/mol. The van der Waals surface area contributed by atoms with Crippen molar-refractivity contribution in [3.05, 3.63) is 0 Å². The summed E-state index contributed by atoms with van der Waals surface area (Å²) in [7, 11) is 4.34. The quantitative estimate of drug-likeness (QED) is 0.577. The van der Waals surface area contributed by atoms with E-state index in [9.17, 15) is 8.42 Å². The van der Waals surface area contributed by atoms with Crippen LogP contribution >= 0.6 is 0 Å². The summed E-state index contributed by atoms with van der Waals surface area (Å²) in [5.41, 5.74) is 0. The molecule has 98 valence electrons. The Morgan fingerprint density at radius 2 is 1.69 bits per heavy atom. The van der Waals surface area contributed by atoms with Crippen molar-refractivity contribution in [1.82, 2.24) is 14.5 Å². The Kier molecular flexibility index (Phi) is 7.91. The number of hydrogen-bond donors (Lipinski definition) is 1. The Balaban J connectivity index is 3.91. The highest BCUT2D eigenvalue weighted by Gasteiger charge is 2.16. The number of unbranched alkanes of at least 4 members (excludes halogenated alkanes) is 1. The van der Waals surface area contributed by atoms with Gasteiger partial charge in [-0.05, 0) is 40.5 Å². The van der Waals surface area contributed by atoms with Crippen LogP contribution in [-0.2, 0) is 10.0 Å². The molecule has 0 rings (SSSR count). The second-order valence-corrected chi connectivity index (χ2v) is 6.45. The number of nitrogens with one attached hydrogen (secondary N) is 1. The van der Waals surface area contributed by atoms with Crippen molar-refractivity contribution in [3.63, 3.8) is 0 Å². The molecule has 0 aliphatic carbocycles. The third-order valence-electron chi connectivity index (χ3n) is 2.42. The van der Waals surface area contributed by atoms with Crippen molar-refractivity contribution >= 4 is 10.0 Å². The fraction of sp³-hybridized carbons (Fsp3) is 1.00. The Hall–Kier alpha value is -0.170. The Morgan fingerprint density at radius 3 is 2.19 bits per heavy atom. The maximum absolute atomic E-state index is 11.8. The molecule has 0 aromatic carbocycles. The van der Waals surface area contributed by atoms with Gasteiger partial charge in [-0.1, -0.05) is 0 Å². The van der Waals surface area contributed by atoms with Gasteiger partial charge in [-0.3, -0.25) is 0 Å². The highest BCUT2D eigenvalue weighted by atomic mass is 32.2. The molecule has 0 unspecified atom stereocenters. The first-order chi connectivity index (χ1) is 7.40. The van der Waals surface area contributed by atoms with Gasteiger partial charge in [-0.2, -0.15) is 0 Å². The van der Waals surface area contributed by atoms with Crippen LogP contribution in [0.4, 0.5) is 0 Å². The molecule has 0 heterocycles. The monoisotopic (exact) mass is 251 g/mol. The zero-order valence-corrected chi connectivity index (χ0v) is 11.7. The molecule has 1 N–H and O–H groups in total. The van der Waals surface area contributed by atoms with Crippen molar-refractivity contribution in [2.24, 2.45) is 0 Å². The lowest BCUT2D eigenvalue weighted by atomic mass is 10.3. The molecule has 0 saturated heterocycles. The summed E-state index contributed by atoms with van der Waals surface area (Å²) in [5, 5.41) is 3.01.